The highest BCUT2D eigenvalue weighted by molar-refractivity contribution is 5.94. The molecule has 0 bridgehead atoms. The van der Waals surface area contributed by atoms with Crippen LogP contribution in [-0.4, -0.2) is 36.0 Å². The number of aryl methyl sites for hydroxylation is 1. The number of fused-ring (bicyclic) bond motifs is 1. The van der Waals surface area contributed by atoms with Gasteiger partial charge in [0.15, 0.2) is 0 Å². The molecule has 3 aromatic rings. The number of aromatic nitrogens is 2. The number of ether oxygens (including phenoxy) is 1. The Balaban J connectivity index is 1.80. The van der Waals surface area contributed by atoms with Gasteiger partial charge in [-0.3, -0.25) is 9.20 Å². The molecule has 0 saturated carbocycles. The number of hydrogen-bond donors (Lipinski definition) is 1. The van der Waals surface area contributed by atoms with Crippen LogP contribution >= 0.6 is 0 Å². The quantitative estimate of drug-likeness (QED) is 0.594. The number of unbranched alkanes of at least 4 members (excludes halogenated alkanes) is 1. The molecule has 1 N–H and O–H groups in total. The molecule has 0 aliphatic heterocycles. The van der Waals surface area contributed by atoms with Crippen LogP contribution in [0.2, 0.25) is 0 Å². The van der Waals surface area contributed by atoms with Crippen LogP contribution in [0.3, 0.4) is 0 Å². The van der Waals surface area contributed by atoms with Crippen LogP contribution in [0.15, 0.2) is 42.6 Å². The predicted molar refractivity (Wildman–Crippen MR) is 117 cm³/mol. The van der Waals surface area contributed by atoms with Crippen molar-refractivity contribution in [3.05, 3.63) is 59.4 Å². The summed E-state index contributed by atoms with van der Waals surface area (Å²) in [4.78, 5) is 19.7. The standard InChI is InChI=1S/C23H30N4O2/c1-5-7-14-26(3)23-20(6-2)25-21-13-10-18(16-27(21)23)22(28)24-15-17-8-11-19(29-4)12-9-17/h8-13,16H,5-7,14-15H2,1-4H3,(H,24,28). The van der Waals surface area contributed by atoms with Gasteiger partial charge in [0.1, 0.15) is 17.2 Å². The van der Waals surface area contributed by atoms with Gasteiger partial charge >= 0.3 is 0 Å². The summed E-state index contributed by atoms with van der Waals surface area (Å²) in [6.07, 6.45) is 5.01. The van der Waals surface area contributed by atoms with E-state index < -0.39 is 0 Å². The average Bonchev–Trinajstić information content (AvgIpc) is 3.14. The normalized spacial score (nSPS) is 10.9. The first-order chi connectivity index (χ1) is 14.1. The molecule has 0 spiro atoms. The van der Waals surface area contributed by atoms with Gasteiger partial charge in [-0.2, -0.15) is 0 Å². The second-order valence-electron chi connectivity index (χ2n) is 7.19. The molecular weight excluding hydrogens is 364 g/mol. The Kier molecular flexibility index (Phi) is 6.75. The Morgan fingerprint density at radius 3 is 2.59 bits per heavy atom. The SMILES string of the molecule is CCCCN(C)c1c(CC)nc2ccc(C(=O)NCc3ccc(OC)cc3)cn12. The second kappa shape index (κ2) is 9.45. The smallest absolute Gasteiger partial charge is 0.253 e. The van der Waals surface area contributed by atoms with E-state index in [1.807, 2.05) is 47.0 Å². The highest BCUT2D eigenvalue weighted by Gasteiger charge is 2.16. The number of benzene rings is 1. The van der Waals surface area contributed by atoms with E-state index in [2.05, 4.69) is 31.1 Å². The van der Waals surface area contributed by atoms with Crippen molar-refractivity contribution >= 4 is 17.4 Å². The molecule has 0 saturated heterocycles. The number of carbonyl (C=O) groups is 1. The fourth-order valence-electron chi connectivity index (χ4n) is 3.39. The molecule has 0 radical (unpaired) electrons. The number of carbonyl (C=O) groups excluding carboxylic acids is 1. The Morgan fingerprint density at radius 1 is 1.17 bits per heavy atom. The van der Waals surface area contributed by atoms with Gasteiger partial charge in [-0.1, -0.05) is 32.4 Å². The summed E-state index contributed by atoms with van der Waals surface area (Å²) < 4.78 is 7.21. The first kappa shape index (κ1) is 20.7. The number of hydrogen-bond acceptors (Lipinski definition) is 4. The van der Waals surface area contributed by atoms with Crippen molar-refractivity contribution < 1.29 is 9.53 Å². The van der Waals surface area contributed by atoms with Crippen LogP contribution in [0.25, 0.3) is 5.65 Å². The molecule has 154 valence electrons. The summed E-state index contributed by atoms with van der Waals surface area (Å²) in [6.45, 7) is 5.73. The third kappa shape index (κ3) is 4.70. The van der Waals surface area contributed by atoms with Gasteiger partial charge in [-0.15, -0.1) is 0 Å². The minimum absolute atomic E-state index is 0.100. The van der Waals surface area contributed by atoms with Crippen LogP contribution < -0.4 is 15.0 Å². The lowest BCUT2D eigenvalue weighted by atomic mass is 10.2. The summed E-state index contributed by atoms with van der Waals surface area (Å²) in [5, 5.41) is 2.99. The van der Waals surface area contributed by atoms with Crippen molar-refractivity contribution in [2.24, 2.45) is 0 Å². The lowest BCUT2D eigenvalue weighted by Gasteiger charge is -2.20. The molecule has 29 heavy (non-hydrogen) atoms. The van der Waals surface area contributed by atoms with Crippen LogP contribution in [0.1, 0.15) is 48.3 Å². The first-order valence-corrected chi connectivity index (χ1v) is 10.2. The number of rotatable bonds is 9. The lowest BCUT2D eigenvalue weighted by Crippen LogP contribution is -2.24. The maximum atomic E-state index is 12.7. The predicted octanol–water partition coefficient (Wildman–Crippen LogP) is 4.07. The van der Waals surface area contributed by atoms with Gasteiger partial charge in [-0.05, 0) is 42.7 Å². The van der Waals surface area contributed by atoms with E-state index in [0.717, 1.165) is 54.3 Å². The van der Waals surface area contributed by atoms with Crippen LogP contribution in [0.4, 0.5) is 5.82 Å². The Labute approximate surface area is 172 Å². The number of imidazole rings is 1. The van der Waals surface area contributed by atoms with Crippen molar-refractivity contribution in [3.63, 3.8) is 0 Å². The van der Waals surface area contributed by atoms with Gasteiger partial charge in [0.2, 0.25) is 0 Å². The van der Waals surface area contributed by atoms with E-state index in [1.54, 1.807) is 7.11 Å². The zero-order valence-electron chi connectivity index (χ0n) is 17.7. The molecule has 2 heterocycles. The zero-order valence-corrected chi connectivity index (χ0v) is 17.7. The monoisotopic (exact) mass is 394 g/mol. The number of amides is 1. The van der Waals surface area contributed by atoms with Crippen molar-refractivity contribution in [1.82, 2.24) is 14.7 Å². The van der Waals surface area contributed by atoms with Crippen LogP contribution in [0.5, 0.6) is 5.75 Å². The maximum absolute atomic E-state index is 12.7. The van der Waals surface area contributed by atoms with E-state index in [4.69, 9.17) is 9.72 Å². The van der Waals surface area contributed by atoms with E-state index in [9.17, 15) is 4.79 Å². The van der Waals surface area contributed by atoms with E-state index >= 15 is 0 Å². The highest BCUT2D eigenvalue weighted by Crippen LogP contribution is 2.23. The Hall–Kier alpha value is -3.02. The first-order valence-electron chi connectivity index (χ1n) is 10.2. The summed E-state index contributed by atoms with van der Waals surface area (Å²) >= 11 is 0. The molecule has 3 rings (SSSR count). The van der Waals surface area contributed by atoms with Crippen molar-refractivity contribution in [2.75, 3.05) is 25.6 Å². The fourth-order valence-corrected chi connectivity index (χ4v) is 3.39. The molecule has 6 nitrogen and oxygen atoms in total. The van der Waals surface area contributed by atoms with E-state index in [0.29, 0.717) is 12.1 Å². The zero-order chi connectivity index (χ0) is 20.8. The fraction of sp³-hybridized carbons (Fsp3) is 0.391. The summed E-state index contributed by atoms with van der Waals surface area (Å²) in [6, 6.07) is 11.4. The molecule has 1 amide bonds. The van der Waals surface area contributed by atoms with Gasteiger partial charge in [0.25, 0.3) is 5.91 Å². The Bertz CT molecular complexity index is 963. The Morgan fingerprint density at radius 2 is 1.93 bits per heavy atom. The number of pyridine rings is 1. The topological polar surface area (TPSA) is 58.9 Å². The summed E-state index contributed by atoms with van der Waals surface area (Å²) in [5.74, 6) is 1.77. The van der Waals surface area contributed by atoms with E-state index in [1.165, 1.54) is 0 Å². The molecule has 0 fully saturated rings. The largest absolute Gasteiger partial charge is 0.497 e. The highest BCUT2D eigenvalue weighted by atomic mass is 16.5. The molecular formula is C23H30N4O2. The minimum atomic E-state index is -0.100. The number of anilines is 1. The number of methoxy groups -OCH3 is 1. The van der Waals surface area contributed by atoms with Crippen LogP contribution in [0, 0.1) is 0 Å². The van der Waals surface area contributed by atoms with Crippen molar-refractivity contribution in [1.29, 1.82) is 0 Å². The molecule has 0 aliphatic rings. The molecule has 6 heteroatoms. The van der Waals surface area contributed by atoms with Crippen LogP contribution in [-0.2, 0) is 13.0 Å². The summed E-state index contributed by atoms with van der Waals surface area (Å²) in [5.41, 5.74) is 3.57. The number of nitrogens with one attached hydrogen (secondary N) is 1. The molecule has 2 aromatic heterocycles. The van der Waals surface area contributed by atoms with Gasteiger partial charge in [0, 0.05) is 26.3 Å². The van der Waals surface area contributed by atoms with Crippen molar-refractivity contribution in [3.8, 4) is 5.75 Å². The minimum Gasteiger partial charge on any atom is -0.497 e. The van der Waals surface area contributed by atoms with Crippen molar-refractivity contribution in [2.45, 2.75) is 39.7 Å². The molecule has 0 atom stereocenters. The maximum Gasteiger partial charge on any atom is 0.253 e. The van der Waals surface area contributed by atoms with Gasteiger partial charge < -0.3 is 15.0 Å². The lowest BCUT2D eigenvalue weighted by molar-refractivity contribution is 0.0950. The third-order valence-electron chi connectivity index (χ3n) is 5.08. The number of nitrogens with zero attached hydrogens (tertiary/aromatic N) is 3. The second-order valence-corrected chi connectivity index (χ2v) is 7.19. The molecule has 1 aromatic carbocycles. The molecule has 0 unspecified atom stereocenters. The third-order valence-corrected chi connectivity index (χ3v) is 5.08. The van der Waals surface area contributed by atoms with Gasteiger partial charge in [0.05, 0.1) is 18.4 Å². The summed E-state index contributed by atoms with van der Waals surface area (Å²) in [7, 11) is 3.73. The average molecular weight is 395 g/mol. The molecule has 0 aliphatic carbocycles. The van der Waals surface area contributed by atoms with Gasteiger partial charge in [-0.25, -0.2) is 4.98 Å². The van der Waals surface area contributed by atoms with E-state index in [-0.39, 0.29) is 5.91 Å².